The lowest BCUT2D eigenvalue weighted by molar-refractivity contribution is -0.132. The molecule has 28 heavy (non-hydrogen) atoms. The fourth-order valence-corrected chi connectivity index (χ4v) is 4.19. The zero-order valence-corrected chi connectivity index (χ0v) is 17.2. The summed E-state index contributed by atoms with van der Waals surface area (Å²) in [6.45, 7) is 10.2. The molecule has 1 N–H and O–H groups in total. The minimum atomic E-state index is 0.179. The van der Waals surface area contributed by atoms with Gasteiger partial charge in [-0.3, -0.25) is 9.48 Å². The molecule has 1 fully saturated rings. The van der Waals surface area contributed by atoms with E-state index in [9.17, 15) is 4.79 Å². The summed E-state index contributed by atoms with van der Waals surface area (Å²) in [6, 6.07) is 0. The second-order valence-electron chi connectivity index (χ2n) is 8.06. The van der Waals surface area contributed by atoms with E-state index in [-0.39, 0.29) is 5.91 Å². The number of hydrogen-bond acceptors (Lipinski definition) is 5. The van der Waals surface area contributed by atoms with Gasteiger partial charge in [0, 0.05) is 55.8 Å². The normalized spacial score (nSPS) is 17.6. The third-order valence-corrected chi connectivity index (χ3v) is 6.29. The number of aryl methyl sites for hydroxylation is 2. The van der Waals surface area contributed by atoms with Crippen molar-refractivity contribution in [1.29, 1.82) is 0 Å². The van der Waals surface area contributed by atoms with Gasteiger partial charge < -0.3 is 10.2 Å². The van der Waals surface area contributed by atoms with Crippen LogP contribution < -0.4 is 5.32 Å². The van der Waals surface area contributed by atoms with Crippen LogP contribution in [0.4, 0.5) is 0 Å². The van der Waals surface area contributed by atoms with Crippen LogP contribution in [0.1, 0.15) is 59.2 Å². The predicted molar refractivity (Wildman–Crippen MR) is 107 cm³/mol. The zero-order chi connectivity index (χ0) is 19.7. The second-order valence-corrected chi connectivity index (χ2v) is 8.06. The first kappa shape index (κ1) is 19.1. The molecule has 7 heteroatoms. The lowest BCUT2D eigenvalue weighted by Gasteiger charge is -2.29. The number of rotatable bonds is 4. The Kier molecular flexibility index (Phi) is 5.44. The van der Waals surface area contributed by atoms with Crippen molar-refractivity contribution < 1.29 is 4.79 Å². The van der Waals surface area contributed by atoms with Crippen LogP contribution in [0.5, 0.6) is 0 Å². The molecule has 0 spiro atoms. The minimum Gasteiger partial charge on any atom is -0.338 e. The van der Waals surface area contributed by atoms with Crippen LogP contribution >= 0.6 is 0 Å². The van der Waals surface area contributed by atoms with Gasteiger partial charge in [0.15, 0.2) is 0 Å². The number of amides is 1. The summed E-state index contributed by atoms with van der Waals surface area (Å²) < 4.78 is 1.95. The van der Waals surface area contributed by atoms with E-state index < -0.39 is 0 Å². The minimum absolute atomic E-state index is 0.179. The van der Waals surface area contributed by atoms with Crippen LogP contribution in [-0.2, 0) is 24.3 Å². The molecule has 0 radical (unpaired) electrons. The molecule has 0 atom stereocenters. The van der Waals surface area contributed by atoms with Crippen molar-refractivity contribution in [2.75, 3.05) is 19.6 Å². The molecule has 4 heterocycles. The highest BCUT2D eigenvalue weighted by Crippen LogP contribution is 2.25. The molecule has 0 unspecified atom stereocenters. The monoisotopic (exact) mass is 382 g/mol. The van der Waals surface area contributed by atoms with E-state index >= 15 is 0 Å². The van der Waals surface area contributed by atoms with Crippen LogP contribution in [0.25, 0.3) is 0 Å². The molecule has 1 amide bonds. The lowest BCUT2D eigenvalue weighted by Crippen LogP contribution is -2.37. The lowest BCUT2D eigenvalue weighted by atomic mass is 9.96. The molecule has 0 aromatic carbocycles. The van der Waals surface area contributed by atoms with Gasteiger partial charge in [0.1, 0.15) is 5.82 Å². The molecule has 1 saturated heterocycles. The fourth-order valence-electron chi connectivity index (χ4n) is 4.19. The van der Waals surface area contributed by atoms with Gasteiger partial charge in [0.05, 0.1) is 11.4 Å². The van der Waals surface area contributed by atoms with E-state index in [2.05, 4.69) is 29.2 Å². The van der Waals surface area contributed by atoms with Crippen molar-refractivity contribution in [2.45, 2.75) is 65.5 Å². The third-order valence-electron chi connectivity index (χ3n) is 6.29. The molecule has 2 aliphatic rings. The van der Waals surface area contributed by atoms with Gasteiger partial charge in [-0.2, -0.15) is 5.10 Å². The molecule has 0 aliphatic carbocycles. The molecular weight excluding hydrogens is 352 g/mol. The summed E-state index contributed by atoms with van der Waals surface area (Å²) >= 11 is 0. The summed E-state index contributed by atoms with van der Waals surface area (Å²) in [7, 11) is 0. The van der Waals surface area contributed by atoms with Gasteiger partial charge in [0.2, 0.25) is 5.91 Å². The highest BCUT2D eigenvalue weighted by atomic mass is 16.2. The Balaban J connectivity index is 1.38. The predicted octanol–water partition coefficient (Wildman–Crippen LogP) is 2.04. The first-order chi connectivity index (χ1) is 13.5. The quantitative estimate of drug-likeness (QED) is 0.876. The van der Waals surface area contributed by atoms with E-state index in [1.54, 1.807) is 0 Å². The van der Waals surface area contributed by atoms with Crippen LogP contribution in [0.15, 0.2) is 6.20 Å². The van der Waals surface area contributed by atoms with Crippen molar-refractivity contribution in [1.82, 2.24) is 30.0 Å². The van der Waals surface area contributed by atoms with Gasteiger partial charge in [0.25, 0.3) is 0 Å². The number of carbonyl (C=O) groups is 1. The Labute approximate surface area is 166 Å². The summed E-state index contributed by atoms with van der Waals surface area (Å²) in [5.74, 6) is 1.63. The van der Waals surface area contributed by atoms with E-state index in [0.29, 0.717) is 25.4 Å². The van der Waals surface area contributed by atoms with Crippen molar-refractivity contribution in [3.63, 3.8) is 0 Å². The molecular formula is C21H30N6O. The standard InChI is InChI=1S/C21H30N6O/c1-14-15(2)25-27(16(14)3)11-7-20(28)26-10-6-19-18(13-26)12-23-21(24-19)17-4-8-22-9-5-17/h12,17,22H,4-11,13H2,1-3H3. The third kappa shape index (κ3) is 3.81. The smallest absolute Gasteiger partial charge is 0.224 e. The Hall–Kier alpha value is -2.28. The van der Waals surface area contributed by atoms with Crippen LogP contribution in [0.2, 0.25) is 0 Å². The van der Waals surface area contributed by atoms with Gasteiger partial charge in [-0.1, -0.05) is 0 Å². The van der Waals surface area contributed by atoms with Gasteiger partial charge in [-0.25, -0.2) is 9.97 Å². The molecule has 4 rings (SSSR count). The number of hydrogen-bond donors (Lipinski definition) is 1. The van der Waals surface area contributed by atoms with Crippen molar-refractivity contribution >= 4 is 5.91 Å². The summed E-state index contributed by atoms with van der Waals surface area (Å²) in [5, 5.41) is 7.93. The average Bonchev–Trinajstić information content (AvgIpc) is 2.98. The molecule has 0 saturated carbocycles. The number of piperidine rings is 1. The topological polar surface area (TPSA) is 75.9 Å². The van der Waals surface area contributed by atoms with E-state index in [0.717, 1.165) is 67.4 Å². The van der Waals surface area contributed by atoms with Gasteiger partial charge in [-0.15, -0.1) is 0 Å². The molecule has 7 nitrogen and oxygen atoms in total. The Morgan fingerprint density at radius 1 is 1.25 bits per heavy atom. The maximum absolute atomic E-state index is 12.7. The highest BCUT2D eigenvalue weighted by Gasteiger charge is 2.24. The SMILES string of the molecule is Cc1nn(CCC(=O)N2CCc3nc(C4CCNCC4)ncc3C2)c(C)c1C. The fraction of sp³-hybridized carbons (Fsp3) is 0.619. The summed E-state index contributed by atoms with van der Waals surface area (Å²) in [4.78, 5) is 24.2. The first-order valence-electron chi connectivity index (χ1n) is 10.4. The Morgan fingerprint density at radius 2 is 2.04 bits per heavy atom. The van der Waals surface area contributed by atoms with Crippen molar-refractivity contribution in [2.24, 2.45) is 0 Å². The van der Waals surface area contributed by atoms with Crippen molar-refractivity contribution in [3.05, 3.63) is 40.2 Å². The van der Waals surface area contributed by atoms with Gasteiger partial charge in [-0.05, 0) is 52.3 Å². The number of carbonyl (C=O) groups excluding carboxylic acids is 1. The van der Waals surface area contributed by atoms with E-state index in [1.165, 1.54) is 5.56 Å². The maximum Gasteiger partial charge on any atom is 0.224 e. The zero-order valence-electron chi connectivity index (χ0n) is 17.2. The number of nitrogens with one attached hydrogen (secondary N) is 1. The average molecular weight is 383 g/mol. The summed E-state index contributed by atoms with van der Waals surface area (Å²) in [6.07, 6.45) is 5.46. The number of nitrogens with zero attached hydrogens (tertiary/aromatic N) is 5. The molecule has 2 aromatic heterocycles. The first-order valence-corrected chi connectivity index (χ1v) is 10.4. The number of fused-ring (bicyclic) bond motifs is 1. The Bertz CT molecular complexity index is 868. The molecule has 2 aliphatic heterocycles. The molecule has 2 aromatic rings. The number of aromatic nitrogens is 4. The Morgan fingerprint density at radius 3 is 2.75 bits per heavy atom. The summed E-state index contributed by atoms with van der Waals surface area (Å²) in [5.41, 5.74) is 5.62. The largest absolute Gasteiger partial charge is 0.338 e. The molecule has 0 bridgehead atoms. The van der Waals surface area contributed by atoms with Crippen LogP contribution in [0.3, 0.4) is 0 Å². The van der Waals surface area contributed by atoms with E-state index in [4.69, 9.17) is 4.98 Å². The van der Waals surface area contributed by atoms with Crippen LogP contribution in [-0.4, -0.2) is 50.2 Å². The second kappa shape index (κ2) is 7.99. The molecule has 150 valence electrons. The van der Waals surface area contributed by atoms with Crippen LogP contribution in [0, 0.1) is 20.8 Å². The van der Waals surface area contributed by atoms with Gasteiger partial charge >= 0.3 is 0 Å². The maximum atomic E-state index is 12.7. The highest BCUT2D eigenvalue weighted by molar-refractivity contribution is 5.76. The van der Waals surface area contributed by atoms with E-state index in [1.807, 2.05) is 22.7 Å². The van der Waals surface area contributed by atoms with Crippen molar-refractivity contribution in [3.8, 4) is 0 Å².